The molecule has 1 saturated heterocycles. The molecule has 1 atom stereocenters. The third-order valence-electron chi connectivity index (χ3n) is 4.81. The summed E-state index contributed by atoms with van der Waals surface area (Å²) in [5.41, 5.74) is 1.99. The van der Waals surface area contributed by atoms with Crippen molar-refractivity contribution in [3.63, 3.8) is 0 Å². The Morgan fingerprint density at radius 2 is 1.96 bits per heavy atom. The number of carbonyl (C=O) groups excluding carboxylic acids is 1. The second kappa shape index (κ2) is 7.47. The van der Waals surface area contributed by atoms with Gasteiger partial charge in [-0.05, 0) is 18.4 Å². The molecule has 0 aliphatic carbocycles. The van der Waals surface area contributed by atoms with Gasteiger partial charge >= 0.3 is 0 Å². The summed E-state index contributed by atoms with van der Waals surface area (Å²) < 4.78 is 1.88. The van der Waals surface area contributed by atoms with Gasteiger partial charge in [0.05, 0.1) is 12.1 Å². The zero-order valence-corrected chi connectivity index (χ0v) is 14.5. The first-order valence-corrected chi connectivity index (χ1v) is 8.92. The molecule has 0 saturated carbocycles. The van der Waals surface area contributed by atoms with Crippen molar-refractivity contribution in [1.29, 1.82) is 0 Å². The Labute approximate surface area is 152 Å². The first-order chi connectivity index (χ1) is 12.8. The maximum absolute atomic E-state index is 12.7. The van der Waals surface area contributed by atoms with Gasteiger partial charge in [-0.2, -0.15) is 0 Å². The van der Waals surface area contributed by atoms with Crippen molar-refractivity contribution in [2.75, 3.05) is 13.1 Å². The van der Waals surface area contributed by atoms with Crippen LogP contribution in [0.25, 0.3) is 5.82 Å². The SMILES string of the molecule is O=C(Cc1ccccc1)N1CCC[C@@H](c2nccnc2-n2ccnc2)C1. The molecule has 0 radical (unpaired) electrons. The van der Waals surface area contributed by atoms with Crippen molar-refractivity contribution in [2.45, 2.75) is 25.2 Å². The Bertz CT molecular complexity index is 863. The highest BCUT2D eigenvalue weighted by atomic mass is 16.2. The fourth-order valence-corrected chi connectivity index (χ4v) is 3.52. The summed E-state index contributed by atoms with van der Waals surface area (Å²) >= 11 is 0. The van der Waals surface area contributed by atoms with Crippen LogP contribution in [-0.4, -0.2) is 43.4 Å². The molecular formula is C20H21N5O. The fraction of sp³-hybridized carbons (Fsp3) is 0.300. The predicted octanol–water partition coefficient (Wildman–Crippen LogP) is 2.61. The molecule has 4 rings (SSSR count). The lowest BCUT2D eigenvalue weighted by molar-refractivity contribution is -0.131. The zero-order chi connectivity index (χ0) is 17.8. The van der Waals surface area contributed by atoms with E-state index >= 15 is 0 Å². The van der Waals surface area contributed by atoms with Gasteiger partial charge in [0.25, 0.3) is 0 Å². The van der Waals surface area contributed by atoms with Crippen LogP contribution in [0.3, 0.4) is 0 Å². The van der Waals surface area contributed by atoms with Gasteiger partial charge < -0.3 is 4.90 Å². The van der Waals surface area contributed by atoms with Gasteiger partial charge in [-0.25, -0.2) is 9.97 Å². The van der Waals surface area contributed by atoms with Crippen LogP contribution in [0, 0.1) is 0 Å². The average Bonchev–Trinajstić information content (AvgIpc) is 3.23. The summed E-state index contributed by atoms with van der Waals surface area (Å²) in [5.74, 6) is 1.16. The Kier molecular flexibility index (Phi) is 4.73. The first-order valence-electron chi connectivity index (χ1n) is 8.92. The minimum absolute atomic E-state index is 0.175. The largest absolute Gasteiger partial charge is 0.342 e. The summed E-state index contributed by atoms with van der Waals surface area (Å²) in [6.07, 6.45) is 11.2. The molecule has 0 unspecified atom stereocenters. The number of imidazole rings is 1. The van der Waals surface area contributed by atoms with Crippen molar-refractivity contribution in [1.82, 2.24) is 24.4 Å². The highest BCUT2D eigenvalue weighted by Gasteiger charge is 2.28. The molecular weight excluding hydrogens is 326 g/mol. The molecule has 26 heavy (non-hydrogen) atoms. The quantitative estimate of drug-likeness (QED) is 0.728. The minimum Gasteiger partial charge on any atom is -0.342 e. The van der Waals surface area contributed by atoms with Crippen molar-refractivity contribution in [2.24, 2.45) is 0 Å². The van der Waals surface area contributed by atoms with Crippen LogP contribution in [0.5, 0.6) is 0 Å². The van der Waals surface area contributed by atoms with Crippen molar-refractivity contribution < 1.29 is 4.79 Å². The summed E-state index contributed by atoms with van der Waals surface area (Å²) in [4.78, 5) is 27.9. The van der Waals surface area contributed by atoms with E-state index in [4.69, 9.17) is 0 Å². The maximum Gasteiger partial charge on any atom is 0.227 e. The Morgan fingerprint density at radius 1 is 1.12 bits per heavy atom. The number of aromatic nitrogens is 4. The highest BCUT2D eigenvalue weighted by molar-refractivity contribution is 5.79. The monoisotopic (exact) mass is 347 g/mol. The van der Waals surface area contributed by atoms with E-state index in [1.807, 2.05) is 46.0 Å². The van der Waals surface area contributed by atoms with E-state index in [9.17, 15) is 4.79 Å². The summed E-state index contributed by atoms with van der Waals surface area (Å²) in [6, 6.07) is 9.91. The molecule has 1 amide bonds. The highest BCUT2D eigenvalue weighted by Crippen LogP contribution is 2.28. The van der Waals surface area contributed by atoms with Crippen LogP contribution in [0.2, 0.25) is 0 Å². The molecule has 3 aromatic rings. The molecule has 6 nitrogen and oxygen atoms in total. The summed E-state index contributed by atoms with van der Waals surface area (Å²) in [6.45, 7) is 1.49. The molecule has 132 valence electrons. The lowest BCUT2D eigenvalue weighted by Crippen LogP contribution is -2.40. The van der Waals surface area contributed by atoms with Gasteiger partial charge in [0.1, 0.15) is 6.33 Å². The third kappa shape index (κ3) is 3.49. The van der Waals surface area contributed by atoms with Crippen molar-refractivity contribution >= 4 is 5.91 Å². The second-order valence-electron chi connectivity index (χ2n) is 6.58. The molecule has 1 aliphatic rings. The van der Waals surface area contributed by atoms with Gasteiger partial charge in [-0.15, -0.1) is 0 Å². The van der Waals surface area contributed by atoms with Crippen LogP contribution >= 0.6 is 0 Å². The van der Waals surface area contributed by atoms with Gasteiger partial charge in [0.2, 0.25) is 5.91 Å². The Morgan fingerprint density at radius 3 is 2.77 bits per heavy atom. The van der Waals surface area contributed by atoms with Crippen molar-refractivity contribution in [3.8, 4) is 5.82 Å². The van der Waals surface area contributed by atoms with Gasteiger partial charge in [0.15, 0.2) is 5.82 Å². The topological polar surface area (TPSA) is 63.9 Å². The molecule has 2 aromatic heterocycles. The number of piperidine rings is 1. The number of carbonyl (C=O) groups is 1. The number of rotatable bonds is 4. The lowest BCUT2D eigenvalue weighted by Gasteiger charge is -2.33. The summed E-state index contributed by atoms with van der Waals surface area (Å²) in [7, 11) is 0. The standard InChI is InChI=1S/C20H21N5O/c26-18(13-16-5-2-1-3-6-16)24-11-4-7-17(14-24)19-20(23-9-8-22-19)25-12-10-21-15-25/h1-3,5-6,8-10,12,15,17H,4,7,11,13-14H2/t17-/m1/s1. The van der Waals surface area contributed by atoms with E-state index in [2.05, 4.69) is 15.0 Å². The normalized spacial score (nSPS) is 17.2. The molecule has 0 spiro atoms. The van der Waals surface area contributed by atoms with Crippen molar-refractivity contribution in [3.05, 3.63) is 72.7 Å². The molecule has 3 heterocycles. The number of likely N-dealkylation sites (tertiary alicyclic amines) is 1. The van der Waals surface area contributed by atoms with Gasteiger partial charge in [-0.3, -0.25) is 14.3 Å². The predicted molar refractivity (Wildman–Crippen MR) is 97.9 cm³/mol. The number of benzene rings is 1. The first kappa shape index (κ1) is 16.4. The molecule has 0 bridgehead atoms. The van der Waals surface area contributed by atoms with Crippen LogP contribution in [0.1, 0.15) is 30.0 Å². The molecule has 6 heteroatoms. The lowest BCUT2D eigenvalue weighted by atomic mass is 9.93. The summed E-state index contributed by atoms with van der Waals surface area (Å²) in [5, 5.41) is 0. The molecule has 0 N–H and O–H groups in total. The van der Waals surface area contributed by atoms with E-state index in [1.54, 1.807) is 24.9 Å². The molecule has 1 aliphatic heterocycles. The Balaban J connectivity index is 1.52. The fourth-order valence-electron chi connectivity index (χ4n) is 3.52. The van der Waals surface area contributed by atoms with Crippen LogP contribution < -0.4 is 0 Å². The van der Waals surface area contributed by atoms with E-state index in [0.29, 0.717) is 13.0 Å². The van der Waals surface area contributed by atoms with Crippen LogP contribution in [0.4, 0.5) is 0 Å². The number of nitrogens with zero attached hydrogens (tertiary/aromatic N) is 5. The van der Waals surface area contributed by atoms with Gasteiger partial charge in [0, 0.05) is 43.8 Å². The zero-order valence-electron chi connectivity index (χ0n) is 14.5. The molecule has 1 aromatic carbocycles. The number of amides is 1. The van der Waals surface area contributed by atoms with E-state index in [1.165, 1.54) is 0 Å². The maximum atomic E-state index is 12.7. The third-order valence-corrected chi connectivity index (χ3v) is 4.81. The van der Waals surface area contributed by atoms with E-state index in [-0.39, 0.29) is 11.8 Å². The van der Waals surface area contributed by atoms with Crippen LogP contribution in [0.15, 0.2) is 61.4 Å². The average molecular weight is 347 g/mol. The second-order valence-corrected chi connectivity index (χ2v) is 6.58. The minimum atomic E-state index is 0.175. The number of hydrogen-bond donors (Lipinski definition) is 0. The Hall–Kier alpha value is -3.02. The smallest absolute Gasteiger partial charge is 0.227 e. The van der Waals surface area contributed by atoms with E-state index < -0.39 is 0 Å². The number of hydrogen-bond acceptors (Lipinski definition) is 4. The van der Waals surface area contributed by atoms with E-state index in [0.717, 1.165) is 36.5 Å². The molecule has 1 fully saturated rings. The van der Waals surface area contributed by atoms with Gasteiger partial charge in [-0.1, -0.05) is 30.3 Å². The van der Waals surface area contributed by atoms with Crippen LogP contribution in [-0.2, 0) is 11.2 Å².